The molecule has 1 heterocycles. The van der Waals surface area contributed by atoms with E-state index >= 15 is 0 Å². The maximum atomic E-state index is 6.35. The van der Waals surface area contributed by atoms with Gasteiger partial charge in [-0.05, 0) is 51.3 Å². The van der Waals surface area contributed by atoms with Crippen molar-refractivity contribution in [2.24, 2.45) is 0 Å². The van der Waals surface area contributed by atoms with E-state index in [1.54, 1.807) is 0 Å². The highest BCUT2D eigenvalue weighted by atomic mass is 79.9. The Labute approximate surface area is 136 Å². The lowest BCUT2D eigenvalue weighted by atomic mass is 10.1. The molecule has 1 saturated heterocycles. The largest absolute Gasteiger partial charge is 0.381 e. The molecule has 3 nitrogen and oxygen atoms in total. The van der Waals surface area contributed by atoms with E-state index in [4.69, 9.17) is 9.47 Å². The molecule has 0 amide bonds. The number of hydrogen-bond donors (Lipinski definition) is 1. The van der Waals surface area contributed by atoms with Crippen LogP contribution in [0.5, 0.6) is 0 Å². The Morgan fingerprint density at radius 2 is 1.86 bits per heavy atom. The first-order valence-electron chi connectivity index (χ1n) is 7.68. The zero-order chi connectivity index (χ0) is 15.3. The summed E-state index contributed by atoms with van der Waals surface area (Å²) in [6.45, 7) is 8.98. The zero-order valence-electron chi connectivity index (χ0n) is 13.2. The average molecular weight is 356 g/mol. The van der Waals surface area contributed by atoms with Crippen LogP contribution in [0.3, 0.4) is 0 Å². The second-order valence-electron chi connectivity index (χ2n) is 6.62. The molecule has 2 rings (SSSR count). The Morgan fingerprint density at radius 1 is 1.24 bits per heavy atom. The molecule has 1 aliphatic heterocycles. The van der Waals surface area contributed by atoms with Crippen molar-refractivity contribution in [3.8, 4) is 0 Å². The summed E-state index contributed by atoms with van der Waals surface area (Å²) in [5.41, 5.74) is 1.31. The molecule has 0 bridgehead atoms. The van der Waals surface area contributed by atoms with Crippen LogP contribution in [-0.2, 0) is 9.47 Å². The molecule has 21 heavy (non-hydrogen) atoms. The molecule has 1 aromatic rings. The first kappa shape index (κ1) is 16.9. The summed E-state index contributed by atoms with van der Waals surface area (Å²) >= 11 is 3.49. The molecule has 1 N–H and O–H groups in total. The van der Waals surface area contributed by atoms with Crippen molar-refractivity contribution in [1.82, 2.24) is 5.32 Å². The Morgan fingerprint density at radius 3 is 2.43 bits per heavy atom. The van der Waals surface area contributed by atoms with Crippen LogP contribution in [-0.4, -0.2) is 31.4 Å². The Hall–Kier alpha value is -0.420. The quantitative estimate of drug-likeness (QED) is 0.863. The fourth-order valence-electron chi connectivity index (χ4n) is 2.37. The summed E-state index contributed by atoms with van der Waals surface area (Å²) in [4.78, 5) is 0. The molecule has 0 aromatic heterocycles. The highest BCUT2D eigenvalue weighted by Crippen LogP contribution is 2.25. The molecule has 0 aliphatic carbocycles. The van der Waals surface area contributed by atoms with Crippen molar-refractivity contribution >= 4 is 15.9 Å². The van der Waals surface area contributed by atoms with Gasteiger partial charge in [0, 0.05) is 29.8 Å². The smallest absolute Gasteiger partial charge is 0.0953 e. The molecule has 1 unspecified atom stereocenters. The van der Waals surface area contributed by atoms with Gasteiger partial charge in [0.2, 0.25) is 0 Å². The summed E-state index contributed by atoms with van der Waals surface area (Å²) < 4.78 is 12.9. The third-order valence-corrected chi connectivity index (χ3v) is 4.11. The minimum atomic E-state index is 0.0837. The monoisotopic (exact) mass is 355 g/mol. The van der Waals surface area contributed by atoms with Crippen LogP contribution in [0.15, 0.2) is 28.7 Å². The van der Waals surface area contributed by atoms with Crippen LogP contribution in [0.4, 0.5) is 0 Å². The number of rotatable bonds is 5. The van der Waals surface area contributed by atoms with Gasteiger partial charge in [0.05, 0.1) is 12.2 Å². The van der Waals surface area contributed by atoms with Crippen LogP contribution in [0.1, 0.15) is 45.3 Å². The standard InChI is InChI=1S/C17H26BrNO2/c1-17(2,3)19-12-16(13-4-6-14(18)7-5-13)21-15-8-10-20-11-9-15/h4-7,15-16,19H,8-12H2,1-3H3. The van der Waals surface area contributed by atoms with E-state index in [1.165, 1.54) is 5.56 Å². The van der Waals surface area contributed by atoms with Crippen LogP contribution >= 0.6 is 15.9 Å². The summed E-state index contributed by atoms with van der Waals surface area (Å²) in [6.07, 6.45) is 2.36. The van der Waals surface area contributed by atoms with E-state index in [9.17, 15) is 0 Å². The van der Waals surface area contributed by atoms with E-state index in [0.29, 0.717) is 6.10 Å². The topological polar surface area (TPSA) is 30.5 Å². The molecule has 0 saturated carbocycles. The lowest BCUT2D eigenvalue weighted by Crippen LogP contribution is -2.40. The van der Waals surface area contributed by atoms with Crippen LogP contribution in [0, 0.1) is 0 Å². The third kappa shape index (κ3) is 6.07. The van der Waals surface area contributed by atoms with Crippen molar-refractivity contribution < 1.29 is 9.47 Å². The SMILES string of the molecule is CC(C)(C)NCC(OC1CCOCC1)c1ccc(Br)cc1. The molecule has 0 radical (unpaired) electrons. The lowest BCUT2D eigenvalue weighted by molar-refractivity contribution is -0.0702. The van der Waals surface area contributed by atoms with E-state index in [2.05, 4.69) is 66.3 Å². The van der Waals surface area contributed by atoms with Crippen molar-refractivity contribution in [1.29, 1.82) is 0 Å². The van der Waals surface area contributed by atoms with Gasteiger partial charge in [-0.1, -0.05) is 28.1 Å². The number of ether oxygens (including phenoxy) is 2. The molecular weight excluding hydrogens is 330 g/mol. The first-order valence-corrected chi connectivity index (χ1v) is 8.47. The predicted molar refractivity (Wildman–Crippen MR) is 89.6 cm³/mol. The zero-order valence-corrected chi connectivity index (χ0v) is 14.8. The van der Waals surface area contributed by atoms with E-state index < -0.39 is 0 Å². The van der Waals surface area contributed by atoms with E-state index in [1.807, 2.05) is 0 Å². The first-order chi connectivity index (χ1) is 9.94. The molecule has 1 aromatic carbocycles. The van der Waals surface area contributed by atoms with Crippen molar-refractivity contribution in [2.45, 2.75) is 51.4 Å². The number of nitrogens with one attached hydrogen (secondary N) is 1. The minimum Gasteiger partial charge on any atom is -0.381 e. The van der Waals surface area contributed by atoms with Gasteiger partial charge in [-0.3, -0.25) is 0 Å². The maximum Gasteiger partial charge on any atom is 0.0953 e. The van der Waals surface area contributed by atoms with Crippen molar-refractivity contribution in [2.75, 3.05) is 19.8 Å². The second-order valence-corrected chi connectivity index (χ2v) is 7.53. The Balaban J connectivity index is 2.03. The van der Waals surface area contributed by atoms with E-state index in [-0.39, 0.29) is 11.6 Å². The van der Waals surface area contributed by atoms with Gasteiger partial charge in [-0.25, -0.2) is 0 Å². The fourth-order valence-corrected chi connectivity index (χ4v) is 2.63. The maximum absolute atomic E-state index is 6.35. The van der Waals surface area contributed by atoms with Gasteiger partial charge in [-0.15, -0.1) is 0 Å². The molecule has 1 fully saturated rings. The molecular formula is C17H26BrNO2. The van der Waals surface area contributed by atoms with Crippen LogP contribution in [0.25, 0.3) is 0 Å². The number of hydrogen-bond acceptors (Lipinski definition) is 3. The molecule has 4 heteroatoms. The summed E-state index contributed by atoms with van der Waals surface area (Å²) in [7, 11) is 0. The minimum absolute atomic E-state index is 0.0837. The third-order valence-electron chi connectivity index (χ3n) is 3.58. The van der Waals surface area contributed by atoms with Gasteiger partial charge >= 0.3 is 0 Å². The Bertz CT molecular complexity index is 421. The molecule has 1 atom stereocenters. The fraction of sp³-hybridized carbons (Fsp3) is 0.647. The van der Waals surface area contributed by atoms with Gasteiger partial charge in [0.25, 0.3) is 0 Å². The highest BCUT2D eigenvalue weighted by molar-refractivity contribution is 9.10. The number of benzene rings is 1. The summed E-state index contributed by atoms with van der Waals surface area (Å²) in [5.74, 6) is 0. The molecule has 118 valence electrons. The number of halogens is 1. The molecule has 1 aliphatic rings. The Kier molecular flexibility index (Phi) is 6.23. The second kappa shape index (κ2) is 7.73. The predicted octanol–water partition coefficient (Wildman–Crippen LogP) is 4.07. The van der Waals surface area contributed by atoms with Gasteiger partial charge in [-0.2, -0.15) is 0 Å². The summed E-state index contributed by atoms with van der Waals surface area (Å²) in [5, 5.41) is 3.56. The van der Waals surface area contributed by atoms with Gasteiger partial charge < -0.3 is 14.8 Å². The average Bonchev–Trinajstić information content (AvgIpc) is 2.45. The van der Waals surface area contributed by atoms with Crippen molar-refractivity contribution in [3.63, 3.8) is 0 Å². The molecule has 0 spiro atoms. The van der Waals surface area contributed by atoms with E-state index in [0.717, 1.165) is 37.1 Å². The summed E-state index contributed by atoms with van der Waals surface area (Å²) in [6, 6.07) is 8.43. The van der Waals surface area contributed by atoms with Gasteiger partial charge in [0.15, 0.2) is 0 Å². The highest BCUT2D eigenvalue weighted by Gasteiger charge is 2.22. The van der Waals surface area contributed by atoms with Gasteiger partial charge in [0.1, 0.15) is 0 Å². The normalized spacial score (nSPS) is 18.7. The van der Waals surface area contributed by atoms with Crippen LogP contribution < -0.4 is 5.32 Å². The lowest BCUT2D eigenvalue weighted by Gasteiger charge is -2.30. The van der Waals surface area contributed by atoms with Crippen molar-refractivity contribution in [3.05, 3.63) is 34.3 Å². The van der Waals surface area contributed by atoms with Crippen LogP contribution in [0.2, 0.25) is 0 Å².